The molecule has 0 aliphatic rings. The molecule has 2 aromatic heterocycles. The Kier molecular flexibility index (Phi) is 10.0. The molecule has 4 aromatic rings. The van der Waals surface area contributed by atoms with Gasteiger partial charge >= 0.3 is 0 Å². The lowest BCUT2D eigenvalue weighted by Crippen LogP contribution is -2.10. The number of carbonyl (C=O) groups excluding carboxylic acids is 1. The Morgan fingerprint density at radius 2 is 1.69 bits per heavy atom. The summed E-state index contributed by atoms with van der Waals surface area (Å²) in [5.41, 5.74) is 9.06. The highest BCUT2D eigenvalue weighted by Gasteiger charge is 2.16. The summed E-state index contributed by atoms with van der Waals surface area (Å²) >= 11 is 0. The molecule has 0 aliphatic carbocycles. The molecule has 184 valence electrons. The van der Waals surface area contributed by atoms with Crippen LogP contribution in [0.2, 0.25) is 0 Å². The van der Waals surface area contributed by atoms with Crippen LogP contribution in [0.1, 0.15) is 33.3 Å². The molecule has 9 heteroatoms. The number of para-hydroxylation sites is 2. The van der Waals surface area contributed by atoms with E-state index in [1.165, 1.54) is 24.5 Å². The Labute approximate surface area is 206 Å². The third-order valence-corrected chi connectivity index (χ3v) is 6.25. The van der Waals surface area contributed by atoms with Gasteiger partial charge in [-0.25, -0.2) is 12.4 Å². The van der Waals surface area contributed by atoms with Crippen molar-refractivity contribution in [2.75, 3.05) is 11.1 Å². The van der Waals surface area contributed by atoms with E-state index in [0.29, 0.717) is 16.9 Å². The first-order chi connectivity index (χ1) is 16.9. The molecule has 0 aliphatic heterocycles. The Bertz CT molecular complexity index is 1340. The highest BCUT2D eigenvalue weighted by Crippen LogP contribution is 2.22. The highest BCUT2D eigenvalue weighted by molar-refractivity contribution is 7.90. The van der Waals surface area contributed by atoms with Crippen LogP contribution in [-0.4, -0.2) is 28.5 Å². The number of nitrogens with zero attached hydrogens (tertiary/aromatic N) is 2. The maximum absolute atomic E-state index is 12.9. The van der Waals surface area contributed by atoms with Crippen LogP contribution in [0.5, 0.6) is 0 Å². The number of nitrogens with two attached hydrogens (primary N) is 1. The molecule has 0 atom stereocenters. The summed E-state index contributed by atoms with van der Waals surface area (Å²) in [5, 5.41) is 9.29. The molecule has 1 amide bonds. The van der Waals surface area contributed by atoms with Crippen molar-refractivity contribution in [3.8, 4) is 11.1 Å². The number of aromatic nitrogens is 3. The average molecular weight is 494 g/mol. The smallest absolute Gasteiger partial charge is 0.267 e. The van der Waals surface area contributed by atoms with Crippen LogP contribution in [0.25, 0.3) is 17.2 Å². The molecule has 35 heavy (non-hydrogen) atoms. The van der Waals surface area contributed by atoms with E-state index >= 15 is 0 Å². The number of rotatable bonds is 6. The number of anilines is 2. The van der Waals surface area contributed by atoms with Crippen LogP contribution in [0, 0.1) is 0 Å². The zero-order valence-corrected chi connectivity index (χ0v) is 21.1. The minimum absolute atomic E-state index is 0.156. The van der Waals surface area contributed by atoms with Crippen LogP contribution in [-0.2, 0) is 14.8 Å². The average Bonchev–Trinajstić information content (AvgIpc) is 3.60. The molecule has 4 rings (SSSR count). The fourth-order valence-electron chi connectivity index (χ4n) is 2.95. The fraction of sp³-hybridized carbons (Fsp3) is 0.154. The molecule has 2 heterocycles. The largest absolute Gasteiger partial charge is 0.397 e. The van der Waals surface area contributed by atoms with Gasteiger partial charge in [0, 0.05) is 30.2 Å². The van der Waals surface area contributed by atoms with Crippen molar-refractivity contribution in [3.63, 3.8) is 0 Å². The molecule has 0 bridgehead atoms. The molecule has 0 radical (unpaired) electrons. The Balaban J connectivity index is 0.00000103. The maximum Gasteiger partial charge on any atom is 0.267 e. The summed E-state index contributed by atoms with van der Waals surface area (Å²) in [6.45, 7) is 8.00. The zero-order valence-electron chi connectivity index (χ0n) is 20.3. The molecule has 0 spiro atoms. The van der Waals surface area contributed by atoms with E-state index in [2.05, 4.69) is 15.5 Å². The van der Waals surface area contributed by atoms with Crippen molar-refractivity contribution >= 4 is 33.4 Å². The second kappa shape index (κ2) is 13.0. The van der Waals surface area contributed by atoms with Gasteiger partial charge in [0.1, 0.15) is 0 Å². The van der Waals surface area contributed by atoms with Crippen molar-refractivity contribution in [2.45, 2.75) is 32.6 Å². The third kappa shape index (κ3) is 6.94. The number of H-pyrrole nitrogens is 1. The monoisotopic (exact) mass is 493 g/mol. The second-order valence-corrected chi connectivity index (χ2v) is 8.54. The van der Waals surface area contributed by atoms with Gasteiger partial charge in [0.15, 0.2) is 0 Å². The molecule has 0 unspecified atom stereocenters. The lowest BCUT2D eigenvalue weighted by molar-refractivity contribution is -0.111. The maximum atomic E-state index is 12.9. The number of nitrogens with one attached hydrogen (secondary N) is 2. The molecule has 8 nitrogen and oxygen atoms in total. The van der Waals surface area contributed by atoms with Crippen LogP contribution in [0.15, 0.2) is 90.4 Å². The first-order valence-electron chi connectivity index (χ1n) is 11.3. The van der Waals surface area contributed by atoms with E-state index in [0.717, 1.165) is 15.1 Å². The lowest BCUT2D eigenvalue weighted by Gasteiger charge is -2.06. The van der Waals surface area contributed by atoms with E-state index in [-0.39, 0.29) is 10.8 Å². The number of carbonyl (C=O) groups is 1. The van der Waals surface area contributed by atoms with Crippen molar-refractivity contribution in [3.05, 3.63) is 91.0 Å². The topological polar surface area (TPSA) is 123 Å². The van der Waals surface area contributed by atoms with E-state index in [9.17, 15) is 13.2 Å². The number of benzene rings is 2. The van der Waals surface area contributed by atoms with Crippen molar-refractivity contribution in [1.29, 1.82) is 0 Å². The quantitative estimate of drug-likeness (QED) is 0.245. The number of hydrogen-bond donors (Lipinski definition) is 3. The normalized spacial score (nSPS) is 10.6. The Hall–Kier alpha value is -4.11. The molecular formula is C26H31N5O3S. The minimum atomic E-state index is -3.75. The van der Waals surface area contributed by atoms with Crippen LogP contribution >= 0.6 is 0 Å². The van der Waals surface area contributed by atoms with Gasteiger partial charge in [-0.3, -0.25) is 9.89 Å². The number of hydrogen-bond acceptors (Lipinski definition) is 5. The van der Waals surface area contributed by atoms with Crippen LogP contribution < -0.4 is 11.1 Å². The zero-order chi connectivity index (χ0) is 25.8. The molecule has 4 N–H and O–H groups in total. The van der Waals surface area contributed by atoms with E-state index in [4.69, 9.17) is 5.73 Å². The van der Waals surface area contributed by atoms with E-state index in [1.54, 1.807) is 67.0 Å². The summed E-state index contributed by atoms with van der Waals surface area (Å²) in [4.78, 5) is 12.3. The van der Waals surface area contributed by atoms with Gasteiger partial charge in [-0.15, -0.1) is 0 Å². The molecule has 2 aromatic carbocycles. The number of aromatic amines is 1. The fourth-order valence-corrected chi connectivity index (χ4v) is 4.15. The summed E-state index contributed by atoms with van der Waals surface area (Å²) in [6, 6.07) is 15.1. The van der Waals surface area contributed by atoms with E-state index < -0.39 is 10.0 Å². The summed E-state index contributed by atoms with van der Waals surface area (Å²) in [5.74, 6) is -0.372. The second-order valence-electron chi connectivity index (χ2n) is 6.70. The van der Waals surface area contributed by atoms with Gasteiger partial charge in [0.2, 0.25) is 5.91 Å². The number of amides is 1. The SMILES string of the molecule is CC.CC.Nc1ccccc1NC(=O)/C=C/c1ccn(S(=O)(=O)c2ccc(-c3cn[nH]c3)cc2)c1. The number of nitrogen functional groups attached to an aromatic ring is 1. The van der Waals surface area contributed by atoms with Crippen molar-refractivity contribution in [1.82, 2.24) is 14.2 Å². The lowest BCUT2D eigenvalue weighted by atomic mass is 10.1. The molecule has 0 fully saturated rings. The Morgan fingerprint density at radius 3 is 2.31 bits per heavy atom. The van der Waals surface area contributed by atoms with Crippen molar-refractivity contribution < 1.29 is 13.2 Å². The van der Waals surface area contributed by atoms with Crippen LogP contribution in [0.3, 0.4) is 0 Å². The van der Waals surface area contributed by atoms with E-state index in [1.807, 2.05) is 27.7 Å². The molecule has 0 saturated carbocycles. The molecule has 0 saturated heterocycles. The van der Waals surface area contributed by atoms with Gasteiger partial charge in [-0.1, -0.05) is 52.0 Å². The van der Waals surface area contributed by atoms with Crippen LogP contribution in [0.4, 0.5) is 11.4 Å². The van der Waals surface area contributed by atoms with Gasteiger partial charge in [0.05, 0.1) is 22.5 Å². The standard InChI is InChI=1S/C22H19N5O3S.2C2H6/c23-20-3-1-2-4-21(20)26-22(28)10-5-16-11-12-27(15-16)31(29,30)19-8-6-17(7-9-19)18-13-24-25-14-18;2*1-2/h1-15H,23H2,(H,24,25)(H,26,28);2*1-2H3/b10-5+;;. The highest BCUT2D eigenvalue weighted by atomic mass is 32.2. The van der Waals surface area contributed by atoms with Gasteiger partial charge in [0.25, 0.3) is 10.0 Å². The van der Waals surface area contributed by atoms with Gasteiger partial charge in [-0.05, 0) is 47.5 Å². The summed E-state index contributed by atoms with van der Waals surface area (Å²) in [6.07, 6.45) is 9.12. The van der Waals surface area contributed by atoms with Gasteiger partial charge < -0.3 is 11.1 Å². The van der Waals surface area contributed by atoms with Crippen molar-refractivity contribution in [2.24, 2.45) is 0 Å². The Morgan fingerprint density at radius 1 is 1.00 bits per heavy atom. The summed E-state index contributed by atoms with van der Waals surface area (Å²) < 4.78 is 26.9. The predicted molar refractivity (Wildman–Crippen MR) is 142 cm³/mol. The van der Waals surface area contributed by atoms with Gasteiger partial charge in [-0.2, -0.15) is 5.10 Å². The summed E-state index contributed by atoms with van der Waals surface area (Å²) in [7, 11) is -3.75. The molecular weight excluding hydrogens is 462 g/mol. The first-order valence-corrected chi connectivity index (χ1v) is 12.7. The first kappa shape index (κ1) is 27.1. The minimum Gasteiger partial charge on any atom is -0.397 e. The third-order valence-electron chi connectivity index (χ3n) is 4.60. The predicted octanol–water partition coefficient (Wildman–Crippen LogP) is 5.40.